The summed E-state index contributed by atoms with van der Waals surface area (Å²) in [6, 6.07) is 7.44. The van der Waals surface area contributed by atoms with Gasteiger partial charge in [0.25, 0.3) is 0 Å². The highest BCUT2D eigenvalue weighted by Gasteiger charge is 1.98. The molecule has 29 heavy (non-hydrogen) atoms. The van der Waals surface area contributed by atoms with Crippen LogP contribution in [0.1, 0.15) is 39.0 Å². The Hall–Kier alpha value is -1.34. The van der Waals surface area contributed by atoms with Gasteiger partial charge in [-0.15, -0.1) is 0 Å². The van der Waals surface area contributed by atoms with E-state index in [1.807, 2.05) is 24.3 Å². The van der Waals surface area contributed by atoms with E-state index in [1.165, 1.54) is 25.7 Å². The Morgan fingerprint density at radius 1 is 0.586 bits per heavy atom. The zero-order chi connectivity index (χ0) is 22.2. The van der Waals surface area contributed by atoms with E-state index >= 15 is 0 Å². The lowest BCUT2D eigenvalue weighted by atomic mass is 10.1. The summed E-state index contributed by atoms with van der Waals surface area (Å²) < 4.78 is 29.6. The second kappa shape index (κ2) is 24.7. The Bertz CT molecular complexity index is 379. The highest BCUT2D eigenvalue weighted by atomic mass is 16.5. The van der Waals surface area contributed by atoms with Crippen molar-refractivity contribution in [3.8, 4) is 11.5 Å². The molecule has 0 bridgehead atoms. The molecule has 172 valence electrons. The van der Waals surface area contributed by atoms with Crippen molar-refractivity contribution in [2.75, 3.05) is 69.1 Å². The number of rotatable bonds is 14. The zero-order valence-electron chi connectivity index (χ0n) is 19.7. The second-order valence-corrected chi connectivity index (χ2v) is 6.62. The summed E-state index contributed by atoms with van der Waals surface area (Å²) in [5.74, 6) is 2.32. The fourth-order valence-electron chi connectivity index (χ4n) is 2.25. The van der Waals surface area contributed by atoms with Gasteiger partial charge in [-0.25, -0.2) is 0 Å². The molecule has 0 aliphatic rings. The second-order valence-electron chi connectivity index (χ2n) is 6.62. The largest absolute Gasteiger partial charge is 0.497 e. The summed E-state index contributed by atoms with van der Waals surface area (Å²) in [7, 11) is 10.2. The van der Waals surface area contributed by atoms with E-state index in [4.69, 9.17) is 28.4 Å². The van der Waals surface area contributed by atoms with Crippen LogP contribution in [-0.2, 0) is 18.9 Å². The summed E-state index contributed by atoms with van der Waals surface area (Å²) in [4.78, 5) is 0. The molecule has 0 heterocycles. The molecule has 0 aromatic heterocycles. The van der Waals surface area contributed by atoms with Crippen LogP contribution in [0, 0.1) is 5.92 Å². The fraction of sp³-hybridized carbons (Fsp3) is 0.739. The maximum atomic E-state index is 4.96. The van der Waals surface area contributed by atoms with Crippen LogP contribution in [0.2, 0.25) is 0 Å². The third-order valence-electron chi connectivity index (χ3n) is 4.01. The number of ether oxygens (including phenoxy) is 6. The van der Waals surface area contributed by atoms with Crippen LogP contribution in [0.25, 0.3) is 0 Å². The third kappa shape index (κ3) is 22.8. The van der Waals surface area contributed by atoms with Gasteiger partial charge in [-0.1, -0.05) is 19.8 Å². The van der Waals surface area contributed by atoms with Crippen LogP contribution in [0.4, 0.5) is 0 Å². The van der Waals surface area contributed by atoms with Crippen molar-refractivity contribution in [1.82, 2.24) is 0 Å². The van der Waals surface area contributed by atoms with Crippen molar-refractivity contribution < 1.29 is 28.4 Å². The molecule has 6 heteroatoms. The molecule has 0 aliphatic heterocycles. The van der Waals surface area contributed by atoms with Gasteiger partial charge in [-0.05, 0) is 49.4 Å². The Labute approximate surface area is 178 Å². The number of unbranched alkanes of at least 4 members (excludes halogenated alkanes) is 3. The minimum Gasteiger partial charge on any atom is -0.497 e. The molecule has 0 saturated heterocycles. The first-order chi connectivity index (χ1) is 14.1. The smallest absolute Gasteiger partial charge is 0.119 e. The molecule has 0 radical (unpaired) electrons. The first-order valence-corrected chi connectivity index (χ1v) is 10.2. The Kier molecular flexibility index (Phi) is 25.4. The van der Waals surface area contributed by atoms with Crippen molar-refractivity contribution >= 4 is 0 Å². The molecule has 1 unspecified atom stereocenters. The van der Waals surface area contributed by atoms with Gasteiger partial charge in [0.05, 0.1) is 14.2 Å². The Balaban J connectivity index is 0. The molecule has 6 nitrogen and oxygen atoms in total. The summed E-state index contributed by atoms with van der Waals surface area (Å²) >= 11 is 0. The maximum absolute atomic E-state index is 4.96. The van der Waals surface area contributed by atoms with Crippen LogP contribution in [0.5, 0.6) is 11.5 Å². The van der Waals surface area contributed by atoms with Gasteiger partial charge in [0.15, 0.2) is 0 Å². The summed E-state index contributed by atoms with van der Waals surface area (Å²) in [6.45, 7) is 5.62. The molecule has 0 spiro atoms. The van der Waals surface area contributed by atoms with Crippen LogP contribution in [0.3, 0.4) is 0 Å². The monoisotopic (exact) mass is 416 g/mol. The topological polar surface area (TPSA) is 55.4 Å². The average molecular weight is 417 g/mol. The van der Waals surface area contributed by atoms with Crippen LogP contribution in [-0.4, -0.2) is 69.1 Å². The van der Waals surface area contributed by atoms with Gasteiger partial charge in [-0.2, -0.15) is 0 Å². The van der Waals surface area contributed by atoms with E-state index in [1.54, 1.807) is 42.7 Å². The van der Waals surface area contributed by atoms with E-state index in [-0.39, 0.29) is 0 Å². The highest BCUT2D eigenvalue weighted by Crippen LogP contribution is 2.15. The predicted octanol–water partition coefficient (Wildman–Crippen LogP) is 4.85. The van der Waals surface area contributed by atoms with E-state index in [9.17, 15) is 0 Å². The molecular weight excluding hydrogens is 372 g/mol. The normalized spacial score (nSPS) is 10.9. The zero-order valence-corrected chi connectivity index (χ0v) is 19.7. The van der Waals surface area contributed by atoms with Gasteiger partial charge < -0.3 is 28.4 Å². The molecule has 0 amide bonds. The van der Waals surface area contributed by atoms with Crippen molar-refractivity contribution in [3.63, 3.8) is 0 Å². The maximum Gasteiger partial charge on any atom is 0.119 e. The summed E-state index contributed by atoms with van der Waals surface area (Å²) in [5, 5.41) is 0. The molecule has 0 saturated carbocycles. The van der Waals surface area contributed by atoms with E-state index in [0.717, 1.165) is 44.3 Å². The predicted molar refractivity (Wildman–Crippen MR) is 119 cm³/mol. The lowest BCUT2D eigenvalue weighted by Crippen LogP contribution is -2.06. The van der Waals surface area contributed by atoms with E-state index in [2.05, 4.69) is 6.92 Å². The summed E-state index contributed by atoms with van der Waals surface area (Å²) in [5.41, 5.74) is 0. The first kappa shape index (κ1) is 29.9. The molecule has 1 rings (SSSR count). The number of hydrogen-bond acceptors (Lipinski definition) is 6. The number of methoxy groups -OCH3 is 6. The van der Waals surface area contributed by atoms with Gasteiger partial charge >= 0.3 is 0 Å². The highest BCUT2D eigenvalue weighted by molar-refractivity contribution is 5.30. The van der Waals surface area contributed by atoms with Crippen LogP contribution in [0.15, 0.2) is 24.3 Å². The lowest BCUT2D eigenvalue weighted by molar-refractivity contribution is 0.125. The van der Waals surface area contributed by atoms with Crippen molar-refractivity contribution in [2.45, 2.75) is 39.0 Å². The molecule has 0 N–H and O–H groups in total. The van der Waals surface area contributed by atoms with Gasteiger partial charge in [0, 0.05) is 54.9 Å². The minimum absolute atomic E-state index is 0.620. The summed E-state index contributed by atoms with van der Waals surface area (Å²) in [6.07, 6.45) is 5.97. The van der Waals surface area contributed by atoms with Crippen molar-refractivity contribution in [1.29, 1.82) is 0 Å². The molecule has 0 aliphatic carbocycles. The van der Waals surface area contributed by atoms with Gasteiger partial charge in [0.2, 0.25) is 0 Å². The quantitative estimate of drug-likeness (QED) is 0.404. The lowest BCUT2D eigenvalue weighted by Gasteiger charge is -2.07. The number of hydrogen-bond donors (Lipinski definition) is 0. The number of benzene rings is 1. The third-order valence-corrected chi connectivity index (χ3v) is 4.01. The van der Waals surface area contributed by atoms with Gasteiger partial charge in [0.1, 0.15) is 11.5 Å². The molecule has 1 aromatic carbocycles. The van der Waals surface area contributed by atoms with E-state index in [0.29, 0.717) is 5.92 Å². The van der Waals surface area contributed by atoms with E-state index < -0.39 is 0 Å². The standard InChI is InChI=1S/C8H10O2.C8H18O2.C7H16O2/c1-9-7-3-5-8(10-2)6-4-7;1-9-7-5-3-4-6-8-10-2;1-7(6-9-3)4-5-8-2/h3-6H,1-2H3;3-8H2,1-2H3;7H,4-6H2,1-3H3. The first-order valence-electron chi connectivity index (χ1n) is 10.2. The van der Waals surface area contributed by atoms with Crippen LogP contribution >= 0.6 is 0 Å². The molecular formula is C23H44O6. The minimum atomic E-state index is 0.620. The average Bonchev–Trinajstić information content (AvgIpc) is 2.76. The Morgan fingerprint density at radius 2 is 1.00 bits per heavy atom. The molecule has 1 aromatic rings. The van der Waals surface area contributed by atoms with Crippen molar-refractivity contribution in [2.24, 2.45) is 5.92 Å². The van der Waals surface area contributed by atoms with Gasteiger partial charge in [-0.3, -0.25) is 0 Å². The molecule has 0 fully saturated rings. The van der Waals surface area contributed by atoms with Crippen molar-refractivity contribution in [3.05, 3.63) is 24.3 Å². The SMILES string of the molecule is COCCC(C)COC.COCCCCCCOC.COc1ccc(OC)cc1. The Morgan fingerprint density at radius 3 is 1.31 bits per heavy atom. The van der Waals surface area contributed by atoms with Crippen LogP contribution < -0.4 is 9.47 Å². The fourth-order valence-corrected chi connectivity index (χ4v) is 2.25. The molecule has 1 atom stereocenters.